The zero-order chi connectivity index (χ0) is 13.9. The minimum atomic E-state index is -0.648. The number of hydrogen-bond acceptors (Lipinski definition) is 2. The van der Waals surface area contributed by atoms with Crippen molar-refractivity contribution in [3.8, 4) is 0 Å². The maximum atomic E-state index is 4.71. The van der Waals surface area contributed by atoms with Gasteiger partial charge in [-0.15, -0.1) is 11.3 Å². The predicted octanol–water partition coefficient (Wildman–Crippen LogP) is 2.46. The van der Waals surface area contributed by atoms with Crippen LogP contribution in [-0.4, -0.2) is 13.8 Å². The molecule has 0 spiro atoms. The van der Waals surface area contributed by atoms with E-state index in [0.29, 0.717) is 0 Å². The highest BCUT2D eigenvalue weighted by molar-refractivity contribution is 7.26. The lowest BCUT2D eigenvalue weighted by Gasteiger charge is -2.02. The molecule has 0 amide bonds. The highest BCUT2D eigenvalue weighted by Crippen LogP contribution is 2.37. The van der Waals surface area contributed by atoms with Crippen molar-refractivity contribution in [1.82, 2.24) is 4.98 Å². The van der Waals surface area contributed by atoms with Gasteiger partial charge in [0.15, 0.2) is 0 Å². The molecule has 1 aliphatic rings. The van der Waals surface area contributed by atoms with Gasteiger partial charge in [0.05, 0.1) is 15.8 Å². The van der Waals surface area contributed by atoms with Crippen molar-refractivity contribution in [2.75, 3.05) is 0 Å². The zero-order valence-corrected chi connectivity index (χ0v) is 14.2. The van der Waals surface area contributed by atoms with Crippen LogP contribution in [0.5, 0.6) is 0 Å². The van der Waals surface area contributed by atoms with Crippen molar-refractivity contribution in [3.05, 3.63) is 29.7 Å². The van der Waals surface area contributed by atoms with Gasteiger partial charge in [0.2, 0.25) is 5.52 Å². The first-order chi connectivity index (χ1) is 9.70. The Morgan fingerprint density at radius 1 is 1.35 bits per heavy atom. The summed E-state index contributed by atoms with van der Waals surface area (Å²) in [6.07, 6.45) is 4.33. The molecule has 2 nitrogen and oxygen atoms in total. The van der Waals surface area contributed by atoms with Gasteiger partial charge >= 0.3 is 0 Å². The van der Waals surface area contributed by atoms with Gasteiger partial charge in [-0.25, -0.2) is 4.57 Å². The molecule has 102 valence electrons. The van der Waals surface area contributed by atoms with Gasteiger partial charge in [-0.2, -0.15) is 0 Å². The van der Waals surface area contributed by atoms with Crippen LogP contribution in [0.15, 0.2) is 18.5 Å². The van der Waals surface area contributed by atoms with Crippen LogP contribution in [0.2, 0.25) is 12.6 Å². The van der Waals surface area contributed by atoms with Gasteiger partial charge in [0.1, 0.15) is 10.4 Å². The molecule has 0 bridgehead atoms. The fourth-order valence-electron chi connectivity index (χ4n) is 3.56. The molecule has 3 heterocycles. The SMILES string of the molecule is CCc1c2sc3c4c(ccc3c2nc[n+]1C)[SiH](C)CC4. The Bertz CT molecular complexity index is 837. The van der Waals surface area contributed by atoms with Gasteiger partial charge in [0, 0.05) is 16.5 Å². The Kier molecular flexibility index (Phi) is 2.72. The average molecular weight is 299 g/mol. The van der Waals surface area contributed by atoms with E-state index in [0.717, 1.165) is 6.42 Å². The maximum absolute atomic E-state index is 4.71. The number of fused-ring (bicyclic) bond motifs is 5. The van der Waals surface area contributed by atoms with Crippen molar-refractivity contribution in [1.29, 1.82) is 0 Å². The Balaban J connectivity index is 2.15. The fourth-order valence-corrected chi connectivity index (χ4v) is 7.50. The third kappa shape index (κ3) is 1.55. The third-order valence-electron chi connectivity index (χ3n) is 4.71. The first-order valence-corrected chi connectivity index (χ1v) is 10.8. The zero-order valence-electron chi connectivity index (χ0n) is 12.2. The van der Waals surface area contributed by atoms with E-state index >= 15 is 0 Å². The topological polar surface area (TPSA) is 16.8 Å². The van der Waals surface area contributed by atoms with E-state index in [2.05, 4.69) is 37.2 Å². The molecule has 0 N–H and O–H groups in total. The van der Waals surface area contributed by atoms with Crippen LogP contribution in [0, 0.1) is 0 Å². The molecule has 0 aliphatic carbocycles. The standard InChI is InChI=1S/C16H19N2SSi/c1-4-12-16-14(17-9-18(12)2)11-5-6-13-10(15(11)19-16)7-8-20(13)3/h5-6,9,20H,4,7-8H2,1-3H3/q+1. The molecular formula is C16H19N2SSi+. The molecule has 1 aliphatic heterocycles. The Morgan fingerprint density at radius 2 is 2.20 bits per heavy atom. The highest BCUT2D eigenvalue weighted by Gasteiger charge is 2.25. The van der Waals surface area contributed by atoms with E-state index in [1.807, 2.05) is 17.7 Å². The summed E-state index contributed by atoms with van der Waals surface area (Å²) in [6.45, 7) is 4.72. The van der Waals surface area contributed by atoms with E-state index in [4.69, 9.17) is 4.98 Å². The number of thiophene rings is 1. The summed E-state index contributed by atoms with van der Waals surface area (Å²) < 4.78 is 5.08. The van der Waals surface area contributed by atoms with Crippen LogP contribution in [0.4, 0.5) is 0 Å². The first-order valence-electron chi connectivity index (χ1n) is 7.42. The number of aromatic nitrogens is 2. The summed E-state index contributed by atoms with van der Waals surface area (Å²) in [4.78, 5) is 4.71. The number of rotatable bonds is 1. The van der Waals surface area contributed by atoms with Crippen LogP contribution in [0.25, 0.3) is 20.3 Å². The second-order valence-electron chi connectivity index (χ2n) is 5.89. The molecule has 4 heteroatoms. The lowest BCUT2D eigenvalue weighted by molar-refractivity contribution is -0.680. The normalized spacial score (nSPS) is 18.1. The third-order valence-corrected chi connectivity index (χ3v) is 8.77. The Morgan fingerprint density at radius 3 is 3.00 bits per heavy atom. The predicted molar refractivity (Wildman–Crippen MR) is 88.8 cm³/mol. The van der Waals surface area contributed by atoms with E-state index in [1.165, 1.54) is 38.5 Å². The van der Waals surface area contributed by atoms with Crippen LogP contribution in [-0.2, 0) is 19.9 Å². The molecule has 4 rings (SSSR count). The summed E-state index contributed by atoms with van der Waals surface area (Å²) in [6, 6.07) is 6.16. The largest absolute Gasteiger partial charge is 0.286 e. The molecule has 2 aromatic heterocycles. The van der Waals surface area contributed by atoms with Gasteiger partial charge < -0.3 is 0 Å². The molecule has 3 aromatic rings. The number of hydrogen-bond donors (Lipinski definition) is 0. The van der Waals surface area contributed by atoms with Crippen molar-refractivity contribution in [3.63, 3.8) is 0 Å². The Hall–Kier alpha value is -1.26. The van der Waals surface area contributed by atoms with Crippen molar-refractivity contribution >= 4 is 45.6 Å². The molecule has 1 unspecified atom stereocenters. The molecule has 0 saturated carbocycles. The smallest absolute Gasteiger partial charge is 0.236 e. The van der Waals surface area contributed by atoms with E-state index in [9.17, 15) is 0 Å². The summed E-state index contributed by atoms with van der Waals surface area (Å²) >= 11 is 1.97. The van der Waals surface area contributed by atoms with Gasteiger partial charge in [-0.3, -0.25) is 0 Å². The lowest BCUT2D eigenvalue weighted by atomic mass is 10.1. The quantitative estimate of drug-likeness (QED) is 0.498. The number of nitrogens with zero attached hydrogens (tertiary/aromatic N) is 2. The van der Waals surface area contributed by atoms with Gasteiger partial charge in [-0.05, 0) is 23.0 Å². The van der Waals surface area contributed by atoms with Crippen LogP contribution in [0.1, 0.15) is 18.2 Å². The molecule has 1 atom stereocenters. The monoisotopic (exact) mass is 299 g/mol. The van der Waals surface area contributed by atoms with Crippen LogP contribution in [0.3, 0.4) is 0 Å². The summed E-state index contributed by atoms with van der Waals surface area (Å²) in [5, 5.41) is 3.08. The van der Waals surface area contributed by atoms with Crippen molar-refractivity contribution in [2.24, 2.45) is 7.05 Å². The second-order valence-corrected chi connectivity index (χ2v) is 9.91. The average Bonchev–Trinajstić information content (AvgIpc) is 2.99. The van der Waals surface area contributed by atoms with Crippen molar-refractivity contribution in [2.45, 2.75) is 32.4 Å². The number of aryl methyl sites for hydroxylation is 3. The first kappa shape index (κ1) is 12.5. The van der Waals surface area contributed by atoms with Crippen molar-refractivity contribution < 1.29 is 4.57 Å². The Labute approximate surface area is 124 Å². The minimum Gasteiger partial charge on any atom is -0.236 e. The fraction of sp³-hybridized carbons (Fsp3) is 0.375. The summed E-state index contributed by atoms with van der Waals surface area (Å²) in [5.41, 5.74) is 4.27. The maximum Gasteiger partial charge on any atom is 0.286 e. The van der Waals surface area contributed by atoms with Crippen LogP contribution >= 0.6 is 11.3 Å². The van der Waals surface area contributed by atoms with E-state index < -0.39 is 8.80 Å². The second kappa shape index (κ2) is 4.37. The molecule has 0 fully saturated rings. The van der Waals surface area contributed by atoms with E-state index in [1.54, 1.807) is 10.8 Å². The van der Waals surface area contributed by atoms with Gasteiger partial charge in [0.25, 0.3) is 6.33 Å². The van der Waals surface area contributed by atoms with Gasteiger partial charge in [-0.1, -0.05) is 30.8 Å². The lowest BCUT2D eigenvalue weighted by Crippen LogP contribution is -2.33. The molecule has 1 aromatic carbocycles. The molecule has 0 saturated heterocycles. The molecule has 0 radical (unpaired) electrons. The van der Waals surface area contributed by atoms with Crippen LogP contribution < -0.4 is 9.75 Å². The molecular weight excluding hydrogens is 280 g/mol. The summed E-state index contributed by atoms with van der Waals surface area (Å²) in [5.74, 6) is 0. The minimum absolute atomic E-state index is 0.648. The van der Waals surface area contributed by atoms with E-state index in [-0.39, 0.29) is 0 Å². The highest BCUT2D eigenvalue weighted by atomic mass is 32.1. The number of benzene rings is 1. The summed E-state index contributed by atoms with van der Waals surface area (Å²) in [7, 11) is 1.46. The molecule has 20 heavy (non-hydrogen) atoms.